The third-order valence-electron chi connectivity index (χ3n) is 6.48. The monoisotopic (exact) mass is 418 g/mol. The van der Waals surface area contributed by atoms with Gasteiger partial charge in [-0.05, 0) is 18.3 Å². The molecular weight excluding hydrogens is 384 g/mol. The van der Waals surface area contributed by atoms with Crippen LogP contribution in [0.2, 0.25) is 0 Å². The molecule has 2 aromatic rings. The molecular formula is C21H34N6O3. The topological polar surface area (TPSA) is 77.5 Å². The maximum Gasteiger partial charge on any atom is 0.332 e. The lowest BCUT2D eigenvalue weighted by Crippen LogP contribution is -2.40. The van der Waals surface area contributed by atoms with Gasteiger partial charge in [0.15, 0.2) is 11.2 Å². The van der Waals surface area contributed by atoms with Crippen LogP contribution in [-0.2, 0) is 31.9 Å². The van der Waals surface area contributed by atoms with E-state index in [9.17, 15) is 9.59 Å². The van der Waals surface area contributed by atoms with E-state index >= 15 is 0 Å². The number of aryl methyl sites for hydroxylation is 1. The van der Waals surface area contributed by atoms with Crippen molar-refractivity contribution >= 4 is 11.2 Å². The molecule has 0 unspecified atom stereocenters. The zero-order chi connectivity index (χ0) is 21.4. The van der Waals surface area contributed by atoms with Crippen molar-refractivity contribution < 1.29 is 4.74 Å². The van der Waals surface area contributed by atoms with Gasteiger partial charge in [0.2, 0.25) is 0 Å². The predicted molar refractivity (Wildman–Crippen MR) is 116 cm³/mol. The number of hydrogen-bond acceptors (Lipinski definition) is 6. The van der Waals surface area contributed by atoms with Crippen molar-refractivity contribution in [3.8, 4) is 0 Å². The fourth-order valence-corrected chi connectivity index (χ4v) is 5.04. The van der Waals surface area contributed by atoms with E-state index in [1.54, 1.807) is 7.05 Å². The smallest absolute Gasteiger partial charge is 0.332 e. The largest absolute Gasteiger partial charge is 0.379 e. The van der Waals surface area contributed by atoms with Gasteiger partial charge in [0.1, 0.15) is 5.82 Å². The molecule has 2 atom stereocenters. The summed E-state index contributed by atoms with van der Waals surface area (Å²) in [7, 11) is 3.23. The van der Waals surface area contributed by atoms with Gasteiger partial charge in [-0.25, -0.2) is 9.78 Å². The van der Waals surface area contributed by atoms with Crippen LogP contribution in [-0.4, -0.2) is 74.4 Å². The first-order chi connectivity index (χ1) is 14.3. The molecule has 0 aromatic carbocycles. The number of aromatic nitrogens is 4. The molecule has 2 aromatic heterocycles. The van der Waals surface area contributed by atoms with E-state index in [-0.39, 0.29) is 11.2 Å². The third kappa shape index (κ3) is 4.10. The average molecular weight is 419 g/mol. The molecule has 4 heterocycles. The number of imidazole rings is 1. The van der Waals surface area contributed by atoms with Gasteiger partial charge in [-0.2, -0.15) is 0 Å². The molecule has 2 aliphatic rings. The van der Waals surface area contributed by atoms with Gasteiger partial charge >= 0.3 is 5.69 Å². The zero-order valence-electron chi connectivity index (χ0n) is 18.6. The van der Waals surface area contributed by atoms with Gasteiger partial charge in [-0.15, -0.1) is 0 Å². The summed E-state index contributed by atoms with van der Waals surface area (Å²) in [5, 5.41) is 0. The number of fused-ring (bicyclic) bond motifs is 1. The van der Waals surface area contributed by atoms with Crippen LogP contribution in [0.1, 0.15) is 26.1 Å². The van der Waals surface area contributed by atoms with Crippen LogP contribution in [0.4, 0.5) is 0 Å². The molecule has 30 heavy (non-hydrogen) atoms. The van der Waals surface area contributed by atoms with Crippen LogP contribution < -0.4 is 11.2 Å². The van der Waals surface area contributed by atoms with Gasteiger partial charge in [-0.3, -0.25) is 23.7 Å². The van der Waals surface area contributed by atoms with Crippen molar-refractivity contribution in [1.29, 1.82) is 0 Å². The van der Waals surface area contributed by atoms with E-state index in [1.165, 1.54) is 22.6 Å². The van der Waals surface area contributed by atoms with E-state index in [0.29, 0.717) is 36.1 Å². The molecule has 0 saturated carbocycles. The van der Waals surface area contributed by atoms with Gasteiger partial charge in [0.25, 0.3) is 5.56 Å². The van der Waals surface area contributed by atoms with Crippen LogP contribution in [0.5, 0.6) is 0 Å². The average Bonchev–Trinajstić information content (AvgIpc) is 3.07. The van der Waals surface area contributed by atoms with E-state index in [4.69, 9.17) is 9.72 Å². The first kappa shape index (κ1) is 21.3. The summed E-state index contributed by atoms with van der Waals surface area (Å²) >= 11 is 0. The summed E-state index contributed by atoms with van der Waals surface area (Å²) in [4.78, 5) is 35.1. The van der Waals surface area contributed by atoms with Gasteiger partial charge in [0.05, 0.1) is 19.8 Å². The van der Waals surface area contributed by atoms with Crippen LogP contribution in [0.25, 0.3) is 11.2 Å². The van der Waals surface area contributed by atoms with Crippen molar-refractivity contribution in [2.24, 2.45) is 25.9 Å². The van der Waals surface area contributed by atoms with Crippen LogP contribution in [0, 0.1) is 11.8 Å². The number of rotatable bonds is 5. The number of nitrogens with zero attached hydrogens (tertiary/aromatic N) is 6. The van der Waals surface area contributed by atoms with Crippen molar-refractivity contribution in [2.75, 3.05) is 45.9 Å². The Morgan fingerprint density at radius 3 is 2.30 bits per heavy atom. The minimum Gasteiger partial charge on any atom is -0.379 e. The third-order valence-corrected chi connectivity index (χ3v) is 6.48. The number of hydrogen-bond donors (Lipinski definition) is 0. The first-order valence-electron chi connectivity index (χ1n) is 11.0. The highest BCUT2D eigenvalue weighted by Gasteiger charge is 2.25. The molecule has 166 valence electrons. The maximum absolute atomic E-state index is 13.0. The molecule has 9 heteroatoms. The zero-order valence-corrected chi connectivity index (χ0v) is 18.6. The Kier molecular flexibility index (Phi) is 6.13. The van der Waals surface area contributed by atoms with E-state index in [1.807, 2.05) is 0 Å². The Hall–Kier alpha value is -1.97. The van der Waals surface area contributed by atoms with E-state index in [2.05, 4.69) is 28.2 Å². The number of morpholine rings is 1. The van der Waals surface area contributed by atoms with Crippen molar-refractivity contribution in [3.05, 3.63) is 26.7 Å². The fraction of sp³-hybridized carbons (Fsp3) is 0.762. The van der Waals surface area contributed by atoms with E-state index < -0.39 is 0 Å². The molecule has 0 N–H and O–H groups in total. The standard InChI is InChI=1S/C21H34N6O3/c1-15-11-16(2)13-26(12-15)14-17-22-19-18(20(28)24(4)21(29)23(19)3)27(17)6-5-25-7-9-30-10-8-25/h15-16H,5-14H2,1-4H3/t15-,16+. The molecule has 0 spiro atoms. The van der Waals surface area contributed by atoms with Crippen LogP contribution in [0.3, 0.4) is 0 Å². The highest BCUT2D eigenvalue weighted by atomic mass is 16.5. The lowest BCUT2D eigenvalue weighted by Gasteiger charge is -2.34. The highest BCUT2D eigenvalue weighted by molar-refractivity contribution is 5.71. The molecule has 0 aliphatic carbocycles. The molecule has 0 radical (unpaired) electrons. The van der Waals surface area contributed by atoms with Crippen LogP contribution in [0.15, 0.2) is 9.59 Å². The van der Waals surface area contributed by atoms with Crippen molar-refractivity contribution in [2.45, 2.75) is 33.4 Å². The summed E-state index contributed by atoms with van der Waals surface area (Å²) < 4.78 is 10.2. The van der Waals surface area contributed by atoms with E-state index in [0.717, 1.165) is 51.8 Å². The van der Waals surface area contributed by atoms with Gasteiger partial charge in [0, 0.05) is 53.4 Å². The summed E-state index contributed by atoms with van der Waals surface area (Å²) in [6.07, 6.45) is 1.25. The van der Waals surface area contributed by atoms with Crippen LogP contribution >= 0.6 is 0 Å². The molecule has 0 bridgehead atoms. The molecule has 9 nitrogen and oxygen atoms in total. The predicted octanol–water partition coefficient (Wildman–Crippen LogP) is 0.244. The Balaban J connectivity index is 1.71. The molecule has 2 saturated heterocycles. The Labute approximate surface area is 176 Å². The number of likely N-dealkylation sites (tertiary alicyclic amines) is 1. The molecule has 4 rings (SSSR count). The maximum atomic E-state index is 13.0. The second-order valence-corrected chi connectivity index (χ2v) is 9.15. The second-order valence-electron chi connectivity index (χ2n) is 9.15. The minimum atomic E-state index is -0.336. The molecule has 2 fully saturated rings. The lowest BCUT2D eigenvalue weighted by molar-refractivity contribution is 0.0363. The fourth-order valence-electron chi connectivity index (χ4n) is 5.04. The number of ether oxygens (including phenoxy) is 1. The first-order valence-corrected chi connectivity index (χ1v) is 11.0. The van der Waals surface area contributed by atoms with Gasteiger partial charge in [-0.1, -0.05) is 13.8 Å². The summed E-state index contributed by atoms with van der Waals surface area (Å²) in [6, 6.07) is 0. The Morgan fingerprint density at radius 1 is 0.967 bits per heavy atom. The second kappa shape index (κ2) is 8.64. The number of piperidine rings is 1. The minimum absolute atomic E-state index is 0.269. The Bertz CT molecular complexity index is 1010. The summed E-state index contributed by atoms with van der Waals surface area (Å²) in [6.45, 7) is 12.2. The SMILES string of the molecule is C[C@@H]1C[C@H](C)CN(Cc2nc3c(c(=O)n(C)c(=O)n3C)n2CCN2CCOCC2)C1. The Morgan fingerprint density at radius 2 is 1.63 bits per heavy atom. The van der Waals surface area contributed by atoms with Crippen molar-refractivity contribution in [3.63, 3.8) is 0 Å². The van der Waals surface area contributed by atoms with Gasteiger partial charge < -0.3 is 9.30 Å². The molecule has 0 amide bonds. The molecule has 2 aliphatic heterocycles. The summed E-state index contributed by atoms with van der Waals surface area (Å²) in [5.41, 5.74) is 0.408. The normalized spacial score (nSPS) is 24.0. The quantitative estimate of drug-likeness (QED) is 0.693. The lowest BCUT2D eigenvalue weighted by atomic mass is 9.92. The highest BCUT2D eigenvalue weighted by Crippen LogP contribution is 2.23. The van der Waals surface area contributed by atoms with Crippen molar-refractivity contribution in [1.82, 2.24) is 28.5 Å². The summed E-state index contributed by atoms with van der Waals surface area (Å²) in [5.74, 6) is 2.17.